The standard InChI is InChI=1S/C23H21N2O/c1-14(2)16-9-10-20-22(23(16)24-4)18-13-17(15(3)12-21(18)26-20)19-8-6-7-11-25(19)5/h6-14H,1-3,5H3/q+1. The van der Waals surface area contributed by atoms with Gasteiger partial charge in [0.1, 0.15) is 18.2 Å². The number of aryl methyl sites for hydroxylation is 2. The maximum atomic E-state index is 7.75. The summed E-state index contributed by atoms with van der Waals surface area (Å²) in [5.74, 6) is 0.297. The summed E-state index contributed by atoms with van der Waals surface area (Å²) in [6, 6.07) is 14.5. The van der Waals surface area contributed by atoms with E-state index in [1.165, 1.54) is 0 Å². The molecule has 2 aromatic heterocycles. The molecule has 0 spiro atoms. The second-order valence-electron chi connectivity index (χ2n) is 7.11. The molecular formula is C23H21N2O+. The Hall–Kier alpha value is -3.12. The van der Waals surface area contributed by atoms with Crippen molar-refractivity contribution in [3.63, 3.8) is 0 Å². The number of pyridine rings is 1. The van der Waals surface area contributed by atoms with Crippen molar-refractivity contribution in [1.82, 2.24) is 0 Å². The minimum Gasteiger partial charge on any atom is -0.457 e. The average molecular weight is 341 g/mol. The molecule has 0 saturated carbocycles. The minimum absolute atomic E-state index is 0.297. The van der Waals surface area contributed by atoms with Crippen LogP contribution < -0.4 is 4.57 Å². The fourth-order valence-corrected chi connectivity index (χ4v) is 3.68. The number of aromatic nitrogens is 1. The lowest BCUT2D eigenvalue weighted by Gasteiger charge is -2.08. The highest BCUT2D eigenvalue weighted by Gasteiger charge is 2.20. The quantitative estimate of drug-likeness (QED) is 0.321. The lowest BCUT2D eigenvalue weighted by molar-refractivity contribution is -0.660. The van der Waals surface area contributed by atoms with Crippen LogP contribution in [-0.2, 0) is 7.05 Å². The van der Waals surface area contributed by atoms with Crippen LogP contribution in [0, 0.1) is 13.5 Å². The van der Waals surface area contributed by atoms with Gasteiger partial charge in [-0.05, 0) is 48.2 Å². The van der Waals surface area contributed by atoms with Crippen LogP contribution in [0.2, 0.25) is 0 Å². The predicted molar refractivity (Wildman–Crippen MR) is 105 cm³/mol. The molecule has 0 radical (unpaired) electrons. The zero-order valence-corrected chi connectivity index (χ0v) is 15.5. The highest BCUT2D eigenvalue weighted by molar-refractivity contribution is 6.13. The van der Waals surface area contributed by atoms with Crippen molar-refractivity contribution in [1.29, 1.82) is 0 Å². The molecule has 3 heteroatoms. The third-order valence-electron chi connectivity index (χ3n) is 5.05. The fraction of sp³-hybridized carbons (Fsp3) is 0.217. The molecule has 0 fully saturated rings. The van der Waals surface area contributed by atoms with Crippen molar-refractivity contribution >= 4 is 27.6 Å². The molecule has 0 aliphatic rings. The lowest BCUT2D eigenvalue weighted by atomic mass is 9.96. The van der Waals surface area contributed by atoms with Crippen molar-refractivity contribution in [3.05, 3.63) is 71.2 Å². The SMILES string of the molecule is [C-]#[N+]c1c(C(C)C)ccc2oc3cc(C)c(-c4cccc[n+]4C)cc3c12. The van der Waals surface area contributed by atoms with Crippen LogP contribution in [0.1, 0.15) is 30.9 Å². The summed E-state index contributed by atoms with van der Waals surface area (Å²) in [6.07, 6.45) is 2.05. The minimum atomic E-state index is 0.297. The Morgan fingerprint density at radius 3 is 2.58 bits per heavy atom. The summed E-state index contributed by atoms with van der Waals surface area (Å²) in [5, 5.41) is 1.94. The molecule has 4 rings (SSSR count). The third kappa shape index (κ3) is 2.38. The van der Waals surface area contributed by atoms with Gasteiger partial charge in [0.25, 0.3) is 0 Å². The summed E-state index contributed by atoms with van der Waals surface area (Å²) in [4.78, 5) is 3.87. The summed E-state index contributed by atoms with van der Waals surface area (Å²) in [7, 11) is 2.05. The van der Waals surface area contributed by atoms with Crippen molar-refractivity contribution in [2.24, 2.45) is 7.05 Å². The van der Waals surface area contributed by atoms with Crippen LogP contribution in [0.5, 0.6) is 0 Å². The summed E-state index contributed by atoms with van der Waals surface area (Å²) in [5.41, 5.74) is 6.87. The molecule has 0 aliphatic heterocycles. The molecule has 0 unspecified atom stereocenters. The molecule has 0 aliphatic carbocycles. The molecule has 0 bridgehead atoms. The van der Waals surface area contributed by atoms with Gasteiger partial charge >= 0.3 is 0 Å². The van der Waals surface area contributed by atoms with Crippen LogP contribution in [0.4, 0.5) is 5.69 Å². The Bertz CT molecular complexity index is 1190. The van der Waals surface area contributed by atoms with Gasteiger partial charge in [0, 0.05) is 28.5 Å². The number of fused-ring (bicyclic) bond motifs is 3. The monoisotopic (exact) mass is 341 g/mol. The molecule has 2 aromatic carbocycles. The number of furan rings is 1. The van der Waals surface area contributed by atoms with Crippen LogP contribution >= 0.6 is 0 Å². The van der Waals surface area contributed by atoms with Gasteiger partial charge in [0.15, 0.2) is 6.20 Å². The van der Waals surface area contributed by atoms with Crippen LogP contribution in [0.15, 0.2) is 53.1 Å². The van der Waals surface area contributed by atoms with Crippen LogP contribution in [-0.4, -0.2) is 0 Å². The topological polar surface area (TPSA) is 21.4 Å². The Labute approximate surface area is 153 Å². The maximum absolute atomic E-state index is 7.75. The molecule has 4 aromatic rings. The summed E-state index contributed by atoms with van der Waals surface area (Å²) >= 11 is 0. The average Bonchev–Trinajstić information content (AvgIpc) is 2.98. The number of rotatable bonds is 2. The van der Waals surface area contributed by atoms with Crippen molar-refractivity contribution in [2.75, 3.05) is 0 Å². The van der Waals surface area contributed by atoms with E-state index in [2.05, 4.69) is 48.4 Å². The number of hydrogen-bond acceptors (Lipinski definition) is 1. The van der Waals surface area contributed by atoms with E-state index in [4.69, 9.17) is 11.0 Å². The first kappa shape index (κ1) is 16.4. The molecule has 128 valence electrons. The molecule has 0 atom stereocenters. The Kier molecular flexibility index (Phi) is 3.77. The Balaban J connectivity index is 2.12. The summed E-state index contributed by atoms with van der Waals surface area (Å²) in [6.45, 7) is 14.1. The van der Waals surface area contributed by atoms with E-state index < -0.39 is 0 Å². The molecule has 26 heavy (non-hydrogen) atoms. The van der Waals surface area contributed by atoms with E-state index in [0.29, 0.717) is 11.6 Å². The van der Waals surface area contributed by atoms with Crippen LogP contribution in [0.25, 0.3) is 38.0 Å². The van der Waals surface area contributed by atoms with Crippen LogP contribution in [0.3, 0.4) is 0 Å². The van der Waals surface area contributed by atoms with E-state index in [9.17, 15) is 0 Å². The molecule has 2 heterocycles. The normalized spacial score (nSPS) is 11.4. The smallest absolute Gasteiger partial charge is 0.212 e. The number of nitrogens with zero attached hydrogens (tertiary/aromatic N) is 2. The first-order valence-corrected chi connectivity index (χ1v) is 8.83. The predicted octanol–water partition coefficient (Wildman–Crippen LogP) is 6.06. The van der Waals surface area contributed by atoms with E-state index in [1.54, 1.807) is 0 Å². The van der Waals surface area contributed by atoms with Gasteiger partial charge in [0.05, 0.1) is 6.57 Å². The van der Waals surface area contributed by atoms with E-state index in [0.717, 1.165) is 44.3 Å². The first-order chi connectivity index (χ1) is 12.5. The number of benzene rings is 2. The zero-order valence-electron chi connectivity index (χ0n) is 15.5. The van der Waals surface area contributed by atoms with E-state index >= 15 is 0 Å². The first-order valence-electron chi connectivity index (χ1n) is 8.83. The Morgan fingerprint density at radius 2 is 1.88 bits per heavy atom. The van der Waals surface area contributed by atoms with Gasteiger partial charge in [-0.15, -0.1) is 0 Å². The molecule has 0 amide bonds. The van der Waals surface area contributed by atoms with Crippen molar-refractivity contribution < 1.29 is 8.98 Å². The molecular weight excluding hydrogens is 320 g/mol. The zero-order chi connectivity index (χ0) is 18.4. The van der Waals surface area contributed by atoms with E-state index in [-0.39, 0.29) is 0 Å². The highest BCUT2D eigenvalue weighted by atomic mass is 16.3. The molecule has 3 nitrogen and oxygen atoms in total. The van der Waals surface area contributed by atoms with Gasteiger partial charge in [0.2, 0.25) is 11.4 Å². The van der Waals surface area contributed by atoms with E-state index in [1.807, 2.05) is 37.5 Å². The van der Waals surface area contributed by atoms with Gasteiger partial charge in [-0.2, -0.15) is 0 Å². The highest BCUT2D eigenvalue weighted by Crippen LogP contribution is 2.42. The third-order valence-corrected chi connectivity index (χ3v) is 5.05. The maximum Gasteiger partial charge on any atom is 0.212 e. The van der Waals surface area contributed by atoms with Gasteiger partial charge < -0.3 is 4.42 Å². The molecule has 0 saturated heterocycles. The second kappa shape index (κ2) is 6.00. The van der Waals surface area contributed by atoms with Gasteiger partial charge in [-0.1, -0.05) is 19.9 Å². The van der Waals surface area contributed by atoms with Gasteiger partial charge in [-0.25, -0.2) is 9.41 Å². The summed E-state index contributed by atoms with van der Waals surface area (Å²) < 4.78 is 8.20. The van der Waals surface area contributed by atoms with Crippen molar-refractivity contribution in [3.8, 4) is 11.3 Å². The lowest BCUT2D eigenvalue weighted by Crippen LogP contribution is -2.30. The second-order valence-corrected chi connectivity index (χ2v) is 7.11. The largest absolute Gasteiger partial charge is 0.457 e. The molecule has 0 N–H and O–H groups in total. The number of hydrogen-bond donors (Lipinski definition) is 0. The van der Waals surface area contributed by atoms with Crippen molar-refractivity contribution in [2.45, 2.75) is 26.7 Å². The van der Waals surface area contributed by atoms with Gasteiger partial charge in [-0.3, -0.25) is 0 Å². The fourth-order valence-electron chi connectivity index (χ4n) is 3.68. The Morgan fingerprint density at radius 1 is 1.08 bits per heavy atom.